The van der Waals surface area contributed by atoms with Crippen molar-refractivity contribution in [3.05, 3.63) is 24.5 Å². The SMILES string of the molecule is C=C(OC(C=CCCC)CC(C)=O)C(C)C(C)C. The quantitative estimate of drug-likeness (QED) is 0.445. The first-order chi connectivity index (χ1) is 8.38. The molecule has 0 spiro atoms. The van der Waals surface area contributed by atoms with Crippen LogP contribution in [0.5, 0.6) is 0 Å². The Morgan fingerprint density at radius 1 is 1.33 bits per heavy atom. The summed E-state index contributed by atoms with van der Waals surface area (Å²) in [4.78, 5) is 11.2. The van der Waals surface area contributed by atoms with Crippen LogP contribution in [-0.4, -0.2) is 11.9 Å². The van der Waals surface area contributed by atoms with Crippen molar-refractivity contribution < 1.29 is 9.53 Å². The maximum Gasteiger partial charge on any atom is 0.133 e. The van der Waals surface area contributed by atoms with Gasteiger partial charge in [-0.2, -0.15) is 0 Å². The van der Waals surface area contributed by atoms with Crippen LogP contribution in [0.25, 0.3) is 0 Å². The number of unbranched alkanes of at least 4 members (excludes halogenated alkanes) is 1. The Bertz CT molecular complexity index is 289. The molecule has 0 radical (unpaired) electrons. The molecule has 0 bridgehead atoms. The number of hydrogen-bond donors (Lipinski definition) is 0. The molecule has 0 heterocycles. The van der Waals surface area contributed by atoms with Gasteiger partial charge in [-0.25, -0.2) is 0 Å². The standard InChI is InChI=1S/C16H28O2/c1-7-8-9-10-16(11-13(4)17)18-15(6)14(5)12(2)3/h9-10,12,14,16H,6-8,11H2,1-5H3. The fraction of sp³-hybridized carbons (Fsp3) is 0.688. The maximum atomic E-state index is 11.2. The molecule has 0 amide bonds. The first-order valence-electron chi connectivity index (χ1n) is 6.90. The summed E-state index contributed by atoms with van der Waals surface area (Å²) in [7, 11) is 0. The zero-order valence-corrected chi connectivity index (χ0v) is 12.5. The van der Waals surface area contributed by atoms with E-state index in [2.05, 4.69) is 40.3 Å². The van der Waals surface area contributed by atoms with Crippen LogP contribution < -0.4 is 0 Å². The van der Waals surface area contributed by atoms with Crippen molar-refractivity contribution >= 4 is 5.78 Å². The Kier molecular flexibility index (Phi) is 8.43. The molecule has 0 saturated carbocycles. The van der Waals surface area contributed by atoms with Crippen molar-refractivity contribution in [1.82, 2.24) is 0 Å². The van der Waals surface area contributed by atoms with E-state index >= 15 is 0 Å². The average Bonchev–Trinajstić information content (AvgIpc) is 2.27. The van der Waals surface area contributed by atoms with Gasteiger partial charge in [0.1, 0.15) is 11.9 Å². The van der Waals surface area contributed by atoms with Gasteiger partial charge in [-0.3, -0.25) is 4.79 Å². The minimum absolute atomic E-state index is 0.145. The van der Waals surface area contributed by atoms with Crippen LogP contribution in [0.3, 0.4) is 0 Å². The maximum absolute atomic E-state index is 11.2. The van der Waals surface area contributed by atoms with Gasteiger partial charge < -0.3 is 4.74 Å². The molecule has 0 saturated heterocycles. The first-order valence-corrected chi connectivity index (χ1v) is 6.90. The highest BCUT2D eigenvalue weighted by Gasteiger charge is 2.16. The molecule has 0 rings (SSSR count). The lowest BCUT2D eigenvalue weighted by molar-refractivity contribution is -0.118. The van der Waals surface area contributed by atoms with Crippen LogP contribution in [0.4, 0.5) is 0 Å². The highest BCUT2D eigenvalue weighted by Crippen LogP contribution is 2.21. The second kappa shape index (κ2) is 8.96. The van der Waals surface area contributed by atoms with E-state index in [1.54, 1.807) is 6.92 Å². The summed E-state index contributed by atoms with van der Waals surface area (Å²) in [6.45, 7) is 14.1. The third kappa shape index (κ3) is 7.31. The molecule has 2 heteroatoms. The van der Waals surface area contributed by atoms with Crippen molar-refractivity contribution in [3.8, 4) is 0 Å². The van der Waals surface area contributed by atoms with Crippen molar-refractivity contribution in [2.45, 2.75) is 60.0 Å². The Morgan fingerprint density at radius 3 is 2.39 bits per heavy atom. The predicted octanol–water partition coefficient (Wildman–Crippen LogP) is 4.51. The van der Waals surface area contributed by atoms with Gasteiger partial charge >= 0.3 is 0 Å². The van der Waals surface area contributed by atoms with E-state index in [1.807, 2.05) is 6.08 Å². The zero-order chi connectivity index (χ0) is 14.1. The van der Waals surface area contributed by atoms with Crippen molar-refractivity contribution in [2.75, 3.05) is 0 Å². The van der Waals surface area contributed by atoms with Crippen LogP contribution in [0, 0.1) is 11.8 Å². The van der Waals surface area contributed by atoms with E-state index in [4.69, 9.17) is 4.74 Å². The van der Waals surface area contributed by atoms with Crippen molar-refractivity contribution in [3.63, 3.8) is 0 Å². The largest absolute Gasteiger partial charge is 0.491 e. The van der Waals surface area contributed by atoms with E-state index < -0.39 is 0 Å². The van der Waals surface area contributed by atoms with Gasteiger partial charge in [0.05, 0.1) is 5.76 Å². The third-order valence-electron chi connectivity index (χ3n) is 3.11. The number of ether oxygens (including phenoxy) is 1. The topological polar surface area (TPSA) is 26.3 Å². The Labute approximate surface area is 112 Å². The lowest BCUT2D eigenvalue weighted by Gasteiger charge is -2.23. The monoisotopic (exact) mass is 252 g/mol. The zero-order valence-electron chi connectivity index (χ0n) is 12.5. The van der Waals surface area contributed by atoms with Crippen LogP contribution >= 0.6 is 0 Å². The first kappa shape index (κ1) is 16.9. The third-order valence-corrected chi connectivity index (χ3v) is 3.11. The highest BCUT2D eigenvalue weighted by atomic mass is 16.5. The van der Waals surface area contributed by atoms with Crippen molar-refractivity contribution in [2.24, 2.45) is 11.8 Å². The van der Waals surface area contributed by atoms with Gasteiger partial charge in [-0.05, 0) is 25.3 Å². The number of allylic oxidation sites excluding steroid dienone is 2. The second-order valence-corrected chi connectivity index (χ2v) is 5.28. The van der Waals surface area contributed by atoms with Crippen LogP contribution in [0.2, 0.25) is 0 Å². The molecule has 0 aliphatic carbocycles. The van der Waals surface area contributed by atoms with Gasteiger partial charge in [0.25, 0.3) is 0 Å². The lowest BCUT2D eigenvalue weighted by Crippen LogP contribution is -2.18. The fourth-order valence-corrected chi connectivity index (χ4v) is 1.52. The molecule has 0 aliphatic heterocycles. The average molecular weight is 252 g/mol. The molecule has 18 heavy (non-hydrogen) atoms. The molecule has 104 valence electrons. The number of carbonyl (C=O) groups is 1. The van der Waals surface area contributed by atoms with Gasteiger partial charge in [0.2, 0.25) is 0 Å². The fourth-order valence-electron chi connectivity index (χ4n) is 1.52. The number of hydrogen-bond acceptors (Lipinski definition) is 2. The minimum Gasteiger partial charge on any atom is -0.491 e. The molecule has 2 atom stereocenters. The summed E-state index contributed by atoms with van der Waals surface area (Å²) in [5.41, 5.74) is 0. The van der Waals surface area contributed by atoms with Crippen LogP contribution in [-0.2, 0) is 9.53 Å². The predicted molar refractivity (Wildman–Crippen MR) is 77.4 cm³/mol. The second-order valence-electron chi connectivity index (χ2n) is 5.28. The summed E-state index contributed by atoms with van der Waals surface area (Å²) < 4.78 is 5.83. The van der Waals surface area contributed by atoms with E-state index in [9.17, 15) is 4.79 Å². The normalized spacial score (nSPS) is 14.8. The number of Topliss-reactive ketones (excluding diaryl/α,β-unsaturated/α-hetero) is 1. The molecule has 0 fully saturated rings. The molecule has 0 aromatic rings. The summed E-state index contributed by atoms with van der Waals surface area (Å²) in [5, 5.41) is 0. The Hall–Kier alpha value is -1.05. The highest BCUT2D eigenvalue weighted by molar-refractivity contribution is 5.76. The van der Waals surface area contributed by atoms with Gasteiger partial charge in [-0.15, -0.1) is 0 Å². The minimum atomic E-state index is -0.164. The summed E-state index contributed by atoms with van der Waals surface area (Å²) >= 11 is 0. The summed E-state index contributed by atoms with van der Waals surface area (Å²) in [6.07, 6.45) is 6.45. The van der Waals surface area contributed by atoms with Crippen LogP contribution in [0.1, 0.15) is 53.9 Å². The molecule has 0 aromatic carbocycles. The van der Waals surface area contributed by atoms with E-state index in [1.165, 1.54) is 0 Å². The molecule has 0 N–H and O–H groups in total. The number of ketones is 1. The molecule has 0 aliphatic rings. The van der Waals surface area contributed by atoms with E-state index in [0.717, 1.165) is 18.6 Å². The van der Waals surface area contributed by atoms with E-state index in [-0.39, 0.29) is 11.9 Å². The molecule has 2 unspecified atom stereocenters. The molecule has 2 nitrogen and oxygen atoms in total. The summed E-state index contributed by atoms with van der Waals surface area (Å²) in [5.74, 6) is 1.72. The smallest absolute Gasteiger partial charge is 0.133 e. The van der Waals surface area contributed by atoms with Crippen molar-refractivity contribution in [1.29, 1.82) is 0 Å². The Balaban J connectivity index is 4.48. The van der Waals surface area contributed by atoms with Crippen LogP contribution in [0.15, 0.2) is 24.5 Å². The molecular weight excluding hydrogens is 224 g/mol. The van der Waals surface area contributed by atoms with E-state index in [0.29, 0.717) is 18.3 Å². The van der Waals surface area contributed by atoms with Gasteiger partial charge in [0, 0.05) is 12.3 Å². The molecular formula is C16H28O2. The molecule has 0 aromatic heterocycles. The number of rotatable bonds is 9. The number of carbonyl (C=O) groups excluding carboxylic acids is 1. The Morgan fingerprint density at radius 2 is 1.94 bits per heavy atom. The summed E-state index contributed by atoms with van der Waals surface area (Å²) in [6, 6.07) is 0. The van der Waals surface area contributed by atoms with Gasteiger partial charge in [0.15, 0.2) is 0 Å². The van der Waals surface area contributed by atoms with Gasteiger partial charge in [-0.1, -0.05) is 46.8 Å². The lowest BCUT2D eigenvalue weighted by atomic mass is 9.96.